The number of rotatable bonds is 3. The molecule has 1 heterocycles. The van der Waals surface area contributed by atoms with Crippen LogP contribution >= 0.6 is 0 Å². The number of carbonyl (C=O) groups excluding carboxylic acids is 2. The molecule has 1 aromatic carbocycles. The Morgan fingerprint density at radius 3 is 2.93 bits per heavy atom. The lowest BCUT2D eigenvalue weighted by Gasteiger charge is -1.99. The minimum absolute atomic E-state index is 0.308. The van der Waals surface area contributed by atoms with E-state index in [4.69, 9.17) is 4.74 Å². The zero-order valence-electron chi connectivity index (χ0n) is 8.11. The van der Waals surface area contributed by atoms with E-state index in [1.165, 1.54) is 6.20 Å². The normalized spacial score (nSPS) is 10.2. The van der Waals surface area contributed by atoms with E-state index in [0.29, 0.717) is 23.0 Å². The second-order valence-electron chi connectivity index (χ2n) is 3.10. The largest absolute Gasteiger partial charge is 0.497 e. The van der Waals surface area contributed by atoms with Crippen LogP contribution < -0.4 is 4.74 Å². The van der Waals surface area contributed by atoms with Crippen LogP contribution in [0.25, 0.3) is 10.9 Å². The summed E-state index contributed by atoms with van der Waals surface area (Å²) < 4.78 is 5.05. The molecule has 0 aliphatic rings. The van der Waals surface area contributed by atoms with Crippen molar-refractivity contribution >= 4 is 23.0 Å². The Hall–Kier alpha value is -2.10. The highest BCUT2D eigenvalue weighted by Crippen LogP contribution is 2.23. The third-order valence-electron chi connectivity index (χ3n) is 2.26. The number of Topliss-reactive ketones (excluding diaryl/α,β-unsaturated/α-hetero) is 1. The number of H-pyrrole nitrogens is 1. The second kappa shape index (κ2) is 3.57. The quantitative estimate of drug-likeness (QED) is 0.468. The maximum absolute atomic E-state index is 11.3. The van der Waals surface area contributed by atoms with Gasteiger partial charge in [-0.15, -0.1) is 0 Å². The van der Waals surface area contributed by atoms with Gasteiger partial charge in [-0.25, -0.2) is 0 Å². The molecule has 15 heavy (non-hydrogen) atoms. The predicted octanol–water partition coefficient (Wildman–Crippen LogP) is 1.56. The molecule has 0 bridgehead atoms. The Labute approximate surface area is 85.9 Å². The van der Waals surface area contributed by atoms with E-state index in [2.05, 4.69) is 4.98 Å². The summed E-state index contributed by atoms with van der Waals surface area (Å²) in [5, 5.41) is 0.700. The Morgan fingerprint density at radius 1 is 1.47 bits per heavy atom. The van der Waals surface area contributed by atoms with Gasteiger partial charge in [0.2, 0.25) is 5.78 Å². The topological polar surface area (TPSA) is 59.2 Å². The van der Waals surface area contributed by atoms with Gasteiger partial charge >= 0.3 is 0 Å². The first-order valence-electron chi connectivity index (χ1n) is 4.41. The van der Waals surface area contributed by atoms with Gasteiger partial charge in [0.05, 0.1) is 12.7 Å². The van der Waals surface area contributed by atoms with Gasteiger partial charge in [-0.05, 0) is 18.2 Å². The second-order valence-corrected chi connectivity index (χ2v) is 3.10. The average molecular weight is 203 g/mol. The van der Waals surface area contributed by atoms with Gasteiger partial charge in [0.15, 0.2) is 6.29 Å². The van der Waals surface area contributed by atoms with E-state index in [-0.39, 0.29) is 0 Å². The van der Waals surface area contributed by atoms with Crippen LogP contribution in [-0.4, -0.2) is 24.2 Å². The lowest BCUT2D eigenvalue weighted by molar-refractivity contribution is -0.104. The monoisotopic (exact) mass is 203 g/mol. The van der Waals surface area contributed by atoms with Crippen LogP contribution in [0.1, 0.15) is 10.4 Å². The van der Waals surface area contributed by atoms with Crippen molar-refractivity contribution in [3.05, 3.63) is 30.0 Å². The van der Waals surface area contributed by atoms with Gasteiger partial charge in [0.1, 0.15) is 5.75 Å². The third-order valence-corrected chi connectivity index (χ3v) is 2.26. The molecule has 0 atom stereocenters. The van der Waals surface area contributed by atoms with Crippen LogP contribution in [0.3, 0.4) is 0 Å². The zero-order chi connectivity index (χ0) is 10.8. The van der Waals surface area contributed by atoms with Crippen molar-refractivity contribution in [3.63, 3.8) is 0 Å². The maximum atomic E-state index is 11.3. The molecule has 1 aromatic heterocycles. The fraction of sp³-hybridized carbons (Fsp3) is 0.0909. The number of ether oxygens (including phenoxy) is 1. The Bertz CT molecular complexity index is 528. The first-order valence-corrected chi connectivity index (χ1v) is 4.41. The van der Waals surface area contributed by atoms with E-state index in [9.17, 15) is 9.59 Å². The summed E-state index contributed by atoms with van der Waals surface area (Å²) in [5.74, 6) is 0.122. The van der Waals surface area contributed by atoms with Crippen molar-refractivity contribution < 1.29 is 14.3 Å². The summed E-state index contributed by atoms with van der Waals surface area (Å²) in [6, 6.07) is 5.31. The lowest BCUT2D eigenvalue weighted by Crippen LogP contribution is -1.97. The molecule has 4 heteroatoms. The molecule has 0 radical (unpaired) electrons. The van der Waals surface area contributed by atoms with E-state index in [1.54, 1.807) is 25.3 Å². The molecule has 1 N–H and O–H groups in total. The molecule has 0 spiro atoms. The smallest absolute Gasteiger partial charge is 0.227 e. The van der Waals surface area contributed by atoms with Gasteiger partial charge in [-0.3, -0.25) is 9.59 Å². The molecular formula is C11H9NO3. The number of aromatic amines is 1. The van der Waals surface area contributed by atoms with Crippen LogP contribution in [0, 0.1) is 0 Å². The van der Waals surface area contributed by atoms with Crippen molar-refractivity contribution in [2.75, 3.05) is 7.11 Å². The Kier molecular flexibility index (Phi) is 2.25. The van der Waals surface area contributed by atoms with Crippen LogP contribution in [0.2, 0.25) is 0 Å². The van der Waals surface area contributed by atoms with Crippen molar-refractivity contribution in [3.8, 4) is 5.75 Å². The van der Waals surface area contributed by atoms with Crippen molar-refractivity contribution in [1.82, 2.24) is 4.98 Å². The molecule has 0 unspecified atom stereocenters. The van der Waals surface area contributed by atoms with E-state index < -0.39 is 5.78 Å². The number of ketones is 1. The Morgan fingerprint density at radius 2 is 2.27 bits per heavy atom. The van der Waals surface area contributed by atoms with Crippen molar-refractivity contribution in [2.45, 2.75) is 0 Å². The number of hydrogen-bond acceptors (Lipinski definition) is 3. The summed E-state index contributed by atoms with van der Waals surface area (Å²) in [6.07, 6.45) is 1.84. The van der Waals surface area contributed by atoms with Crippen molar-refractivity contribution in [2.24, 2.45) is 0 Å². The summed E-state index contributed by atoms with van der Waals surface area (Å²) in [7, 11) is 1.55. The maximum Gasteiger partial charge on any atom is 0.227 e. The van der Waals surface area contributed by atoms with E-state index in [0.717, 1.165) is 5.52 Å². The van der Waals surface area contributed by atoms with Crippen LogP contribution in [0.15, 0.2) is 24.4 Å². The highest BCUT2D eigenvalue weighted by atomic mass is 16.5. The van der Waals surface area contributed by atoms with Crippen LogP contribution in [0.4, 0.5) is 0 Å². The number of carbonyl (C=O) groups is 2. The Balaban J connectivity index is 2.66. The summed E-state index contributed by atoms with van der Waals surface area (Å²) in [5.41, 5.74) is 1.18. The zero-order valence-corrected chi connectivity index (χ0v) is 8.11. The molecule has 0 aliphatic carbocycles. The summed E-state index contributed by atoms with van der Waals surface area (Å²) >= 11 is 0. The SMILES string of the molecule is COc1ccc2[nH]cc(C(=O)C=O)c2c1. The molecule has 0 fully saturated rings. The van der Waals surface area contributed by atoms with Crippen LogP contribution in [0.5, 0.6) is 5.75 Å². The highest BCUT2D eigenvalue weighted by molar-refractivity contribution is 6.36. The number of aromatic nitrogens is 1. The highest BCUT2D eigenvalue weighted by Gasteiger charge is 2.11. The summed E-state index contributed by atoms with van der Waals surface area (Å²) in [6.45, 7) is 0. The van der Waals surface area contributed by atoms with Gasteiger partial charge in [-0.1, -0.05) is 0 Å². The average Bonchev–Trinajstić information content (AvgIpc) is 2.70. The fourth-order valence-corrected chi connectivity index (χ4v) is 1.49. The number of methoxy groups -OCH3 is 1. The molecule has 0 saturated carbocycles. The first kappa shape index (κ1) is 9.45. The van der Waals surface area contributed by atoms with E-state index >= 15 is 0 Å². The lowest BCUT2D eigenvalue weighted by atomic mass is 10.1. The van der Waals surface area contributed by atoms with E-state index in [1.807, 2.05) is 0 Å². The molecule has 2 rings (SSSR count). The molecule has 0 amide bonds. The number of nitrogens with one attached hydrogen (secondary N) is 1. The van der Waals surface area contributed by atoms with Gasteiger partial charge in [-0.2, -0.15) is 0 Å². The first-order chi connectivity index (χ1) is 7.26. The third kappa shape index (κ3) is 1.50. The number of fused-ring (bicyclic) bond motifs is 1. The van der Waals surface area contributed by atoms with Gasteiger partial charge < -0.3 is 9.72 Å². The molecule has 76 valence electrons. The van der Waals surface area contributed by atoms with Crippen LogP contribution in [-0.2, 0) is 4.79 Å². The van der Waals surface area contributed by atoms with Gasteiger partial charge in [0.25, 0.3) is 0 Å². The molecule has 0 saturated heterocycles. The molecular weight excluding hydrogens is 194 g/mol. The number of benzene rings is 1. The standard InChI is InChI=1S/C11H9NO3/c1-15-7-2-3-10-8(4-7)9(5-12-10)11(14)6-13/h2-6,12H,1H3. The molecule has 2 aromatic rings. The van der Waals surface area contributed by atoms with Gasteiger partial charge in [0, 0.05) is 17.1 Å². The fourth-order valence-electron chi connectivity index (χ4n) is 1.49. The minimum atomic E-state index is -0.533. The number of aldehydes is 1. The predicted molar refractivity (Wildman–Crippen MR) is 55.2 cm³/mol. The molecule has 4 nitrogen and oxygen atoms in total. The minimum Gasteiger partial charge on any atom is -0.497 e. The number of hydrogen-bond donors (Lipinski definition) is 1. The molecule has 0 aliphatic heterocycles. The summed E-state index contributed by atoms with van der Waals surface area (Å²) in [4.78, 5) is 24.6. The van der Waals surface area contributed by atoms with Crippen molar-refractivity contribution in [1.29, 1.82) is 0 Å².